The molecular formula is C22H22N2O4S. The van der Waals surface area contributed by atoms with Crippen molar-refractivity contribution in [2.45, 2.75) is 38.1 Å². The third-order valence-corrected chi connectivity index (χ3v) is 6.78. The van der Waals surface area contributed by atoms with Crippen LogP contribution in [0.2, 0.25) is 0 Å². The van der Waals surface area contributed by atoms with Gasteiger partial charge in [0.15, 0.2) is 6.61 Å². The number of nitrogens with zero attached hydrogens (tertiary/aromatic N) is 1. The minimum Gasteiger partial charge on any atom is -0.497 e. The molecule has 1 saturated carbocycles. The van der Waals surface area contributed by atoms with Gasteiger partial charge in [0.1, 0.15) is 16.2 Å². The van der Waals surface area contributed by atoms with E-state index in [-0.39, 0.29) is 12.5 Å². The van der Waals surface area contributed by atoms with Gasteiger partial charge in [0.05, 0.1) is 13.2 Å². The lowest BCUT2D eigenvalue weighted by molar-refractivity contribution is -0.125. The monoisotopic (exact) mass is 410 g/mol. The van der Waals surface area contributed by atoms with E-state index in [1.54, 1.807) is 14.0 Å². The average Bonchev–Trinajstić information content (AvgIpc) is 3.50. The quantitative estimate of drug-likeness (QED) is 0.737. The van der Waals surface area contributed by atoms with Gasteiger partial charge in [-0.15, -0.1) is 11.3 Å². The number of amides is 1. The minimum atomic E-state index is -0.893. The third-order valence-electron chi connectivity index (χ3n) is 5.59. The summed E-state index contributed by atoms with van der Waals surface area (Å²) in [6.07, 6.45) is 3.60. The van der Waals surface area contributed by atoms with Crippen molar-refractivity contribution < 1.29 is 19.1 Å². The molecule has 2 aromatic rings. The van der Waals surface area contributed by atoms with Crippen LogP contribution in [0.1, 0.15) is 40.6 Å². The van der Waals surface area contributed by atoms with Crippen LogP contribution >= 0.6 is 11.3 Å². The van der Waals surface area contributed by atoms with E-state index in [0.717, 1.165) is 47.4 Å². The molecule has 0 saturated heterocycles. The molecule has 0 unspecified atom stereocenters. The maximum Gasteiger partial charge on any atom is 0.348 e. The first-order valence-corrected chi connectivity index (χ1v) is 10.4. The van der Waals surface area contributed by atoms with Crippen molar-refractivity contribution in [3.05, 3.63) is 40.3 Å². The second-order valence-electron chi connectivity index (χ2n) is 7.70. The van der Waals surface area contributed by atoms with Crippen molar-refractivity contribution in [1.29, 1.82) is 5.26 Å². The molecule has 2 aliphatic carbocycles. The van der Waals surface area contributed by atoms with Crippen LogP contribution in [0.5, 0.6) is 5.75 Å². The molecule has 6 nitrogen and oxygen atoms in total. The molecule has 0 aliphatic heterocycles. The number of esters is 1. The van der Waals surface area contributed by atoms with Crippen LogP contribution in [0.4, 0.5) is 0 Å². The van der Waals surface area contributed by atoms with E-state index in [9.17, 15) is 14.9 Å². The van der Waals surface area contributed by atoms with Gasteiger partial charge in [-0.25, -0.2) is 4.79 Å². The maximum atomic E-state index is 12.5. The first kappa shape index (κ1) is 19.5. The summed E-state index contributed by atoms with van der Waals surface area (Å²) in [6, 6.07) is 9.99. The molecule has 1 aromatic heterocycles. The predicted molar refractivity (Wildman–Crippen MR) is 109 cm³/mol. The Morgan fingerprint density at radius 1 is 1.28 bits per heavy atom. The molecule has 7 heteroatoms. The summed E-state index contributed by atoms with van der Waals surface area (Å²) < 4.78 is 10.5. The van der Waals surface area contributed by atoms with E-state index in [2.05, 4.69) is 11.4 Å². The molecule has 0 spiro atoms. The van der Waals surface area contributed by atoms with Gasteiger partial charge in [-0.1, -0.05) is 0 Å². The molecule has 1 aromatic carbocycles. The number of carbonyl (C=O) groups excluding carboxylic acids is 2. The summed E-state index contributed by atoms with van der Waals surface area (Å²) in [5.74, 6) is 0.0348. The Morgan fingerprint density at radius 3 is 2.72 bits per heavy atom. The van der Waals surface area contributed by atoms with E-state index < -0.39 is 17.4 Å². The Bertz CT molecular complexity index is 1020. The fourth-order valence-electron chi connectivity index (χ4n) is 3.75. The van der Waals surface area contributed by atoms with Crippen molar-refractivity contribution in [3.63, 3.8) is 0 Å². The van der Waals surface area contributed by atoms with Crippen LogP contribution in [-0.4, -0.2) is 31.1 Å². The van der Waals surface area contributed by atoms with Crippen molar-refractivity contribution in [1.82, 2.24) is 5.32 Å². The molecule has 0 bridgehead atoms. The largest absolute Gasteiger partial charge is 0.497 e. The Balaban J connectivity index is 1.42. The number of aryl methyl sites for hydroxylation is 2. The number of nitrogens with one attached hydrogen (secondary N) is 1. The zero-order chi connectivity index (χ0) is 20.6. The molecule has 0 radical (unpaired) electrons. The number of hydrogen-bond acceptors (Lipinski definition) is 6. The van der Waals surface area contributed by atoms with Crippen molar-refractivity contribution in [2.75, 3.05) is 13.7 Å². The smallest absolute Gasteiger partial charge is 0.348 e. The lowest BCUT2D eigenvalue weighted by Crippen LogP contribution is -2.48. The summed E-state index contributed by atoms with van der Waals surface area (Å²) in [5.41, 5.74) is 2.54. The molecular weight excluding hydrogens is 388 g/mol. The van der Waals surface area contributed by atoms with Crippen LogP contribution in [-0.2, 0) is 22.4 Å². The highest BCUT2D eigenvalue weighted by molar-refractivity contribution is 7.17. The van der Waals surface area contributed by atoms with Crippen molar-refractivity contribution in [3.8, 4) is 22.3 Å². The standard InChI is InChI=1S/C22H22N2O4S/c1-22(12-23,15-5-6-15)24-19(25)11-28-21(26)18-10-14-4-3-13-9-16(27-2)7-8-17(13)20(14)29-18/h7-10,15H,3-6,11H2,1-2H3,(H,24,25)/t22-/m1/s1. The molecule has 1 atom stereocenters. The SMILES string of the molecule is COc1ccc2c(c1)CCc1cc(C(=O)OCC(=O)N[C@](C)(C#N)C3CC3)sc1-2. The normalized spacial score (nSPS) is 16.6. The van der Waals surface area contributed by atoms with Gasteiger partial charge in [0.25, 0.3) is 5.91 Å². The van der Waals surface area contributed by atoms with Gasteiger partial charge in [0, 0.05) is 4.88 Å². The number of fused-ring (bicyclic) bond motifs is 3. The first-order chi connectivity index (χ1) is 13.9. The highest BCUT2D eigenvalue weighted by atomic mass is 32.1. The highest BCUT2D eigenvalue weighted by Crippen LogP contribution is 2.41. The average molecular weight is 410 g/mol. The van der Waals surface area contributed by atoms with Gasteiger partial charge >= 0.3 is 5.97 Å². The number of hydrogen-bond donors (Lipinski definition) is 1. The molecule has 1 amide bonds. The van der Waals surface area contributed by atoms with Gasteiger partial charge in [-0.2, -0.15) is 5.26 Å². The Kier molecular flexibility index (Phi) is 5.05. The third kappa shape index (κ3) is 3.85. The van der Waals surface area contributed by atoms with Crippen LogP contribution in [0.25, 0.3) is 10.4 Å². The van der Waals surface area contributed by atoms with Crippen molar-refractivity contribution >= 4 is 23.2 Å². The second kappa shape index (κ2) is 7.53. The number of rotatable bonds is 6. The lowest BCUT2D eigenvalue weighted by Gasteiger charge is -2.22. The molecule has 4 rings (SSSR count). The summed E-state index contributed by atoms with van der Waals surface area (Å²) in [5, 5.41) is 12.0. The minimum absolute atomic E-state index is 0.176. The lowest BCUT2D eigenvalue weighted by atomic mass is 9.91. The molecule has 2 aliphatic rings. The number of methoxy groups -OCH3 is 1. The van der Waals surface area contributed by atoms with Crippen LogP contribution in [0, 0.1) is 17.2 Å². The molecule has 150 valence electrons. The van der Waals surface area contributed by atoms with Crippen LogP contribution < -0.4 is 10.1 Å². The van der Waals surface area contributed by atoms with Crippen molar-refractivity contribution in [2.24, 2.45) is 5.92 Å². The fourth-order valence-corrected chi connectivity index (χ4v) is 4.91. The zero-order valence-corrected chi connectivity index (χ0v) is 17.2. The van der Waals surface area contributed by atoms with E-state index in [1.807, 2.05) is 24.3 Å². The molecule has 1 heterocycles. The summed E-state index contributed by atoms with van der Waals surface area (Å²) in [4.78, 5) is 26.2. The highest BCUT2D eigenvalue weighted by Gasteiger charge is 2.43. The maximum absolute atomic E-state index is 12.5. The van der Waals surface area contributed by atoms with Crippen LogP contribution in [0.15, 0.2) is 24.3 Å². The van der Waals surface area contributed by atoms with Gasteiger partial charge in [0.2, 0.25) is 0 Å². The van der Waals surface area contributed by atoms with Gasteiger partial charge in [-0.3, -0.25) is 4.79 Å². The van der Waals surface area contributed by atoms with E-state index in [0.29, 0.717) is 4.88 Å². The number of thiophene rings is 1. The van der Waals surface area contributed by atoms with Gasteiger partial charge in [-0.05, 0) is 79.5 Å². The number of ether oxygens (including phenoxy) is 2. The topological polar surface area (TPSA) is 88.4 Å². The summed E-state index contributed by atoms with van der Waals surface area (Å²) in [6.45, 7) is 1.32. The predicted octanol–water partition coefficient (Wildman–Crippen LogP) is 3.49. The zero-order valence-electron chi connectivity index (χ0n) is 16.4. The molecule has 1 fully saturated rings. The number of nitriles is 1. The summed E-state index contributed by atoms with van der Waals surface area (Å²) >= 11 is 1.38. The second-order valence-corrected chi connectivity index (χ2v) is 8.75. The van der Waals surface area contributed by atoms with E-state index in [1.165, 1.54) is 16.9 Å². The van der Waals surface area contributed by atoms with E-state index >= 15 is 0 Å². The number of benzene rings is 1. The number of carbonyl (C=O) groups is 2. The Labute approximate surface area is 173 Å². The summed E-state index contributed by atoms with van der Waals surface area (Å²) in [7, 11) is 1.65. The van der Waals surface area contributed by atoms with Gasteiger partial charge < -0.3 is 14.8 Å². The van der Waals surface area contributed by atoms with E-state index in [4.69, 9.17) is 9.47 Å². The Hall–Kier alpha value is -2.85. The fraction of sp³-hybridized carbons (Fsp3) is 0.409. The first-order valence-electron chi connectivity index (χ1n) is 9.63. The molecule has 1 N–H and O–H groups in total. The van der Waals surface area contributed by atoms with Crippen LogP contribution in [0.3, 0.4) is 0 Å². The molecule has 29 heavy (non-hydrogen) atoms. The Morgan fingerprint density at radius 2 is 2.03 bits per heavy atom.